The maximum Gasteiger partial charge on any atom is 0.00979 e. The minimum Gasteiger partial charge on any atom is -0.311 e. The molecule has 0 aromatic heterocycles. The van der Waals surface area contributed by atoms with Crippen molar-refractivity contribution in [3.05, 3.63) is 0 Å². The summed E-state index contributed by atoms with van der Waals surface area (Å²) < 4.78 is 0. The van der Waals surface area contributed by atoms with Crippen LogP contribution in [0.3, 0.4) is 0 Å². The van der Waals surface area contributed by atoms with Crippen LogP contribution in [0.2, 0.25) is 0 Å². The van der Waals surface area contributed by atoms with Crippen LogP contribution < -0.4 is 5.32 Å². The largest absolute Gasteiger partial charge is 0.311 e. The van der Waals surface area contributed by atoms with Gasteiger partial charge in [0.05, 0.1) is 0 Å². The van der Waals surface area contributed by atoms with Crippen LogP contribution in [0, 0.1) is 5.92 Å². The number of unbranched alkanes of at least 4 members (excludes halogenated alkanes) is 3. The summed E-state index contributed by atoms with van der Waals surface area (Å²) in [5, 5.41) is 3.89. The Kier molecular flexibility index (Phi) is 4.49. The van der Waals surface area contributed by atoms with Crippen LogP contribution in [0.1, 0.15) is 71.1 Å². The lowest BCUT2D eigenvalue weighted by atomic mass is 9.88. The molecule has 3 unspecified atom stereocenters. The van der Waals surface area contributed by atoms with Crippen molar-refractivity contribution in [3.8, 4) is 0 Å². The monoisotopic (exact) mass is 209 g/mol. The molecule has 0 aromatic rings. The van der Waals surface area contributed by atoms with Gasteiger partial charge >= 0.3 is 0 Å². The molecule has 1 saturated heterocycles. The molecule has 2 fully saturated rings. The highest BCUT2D eigenvalue weighted by Gasteiger charge is 2.32. The van der Waals surface area contributed by atoms with Gasteiger partial charge in [-0.1, -0.05) is 39.0 Å². The van der Waals surface area contributed by atoms with Crippen molar-refractivity contribution in [2.24, 2.45) is 5.92 Å². The average molecular weight is 209 g/mol. The molecule has 0 radical (unpaired) electrons. The van der Waals surface area contributed by atoms with Gasteiger partial charge in [0, 0.05) is 12.1 Å². The third-order valence-electron chi connectivity index (χ3n) is 4.40. The maximum atomic E-state index is 3.89. The molecule has 1 heterocycles. The first-order valence-electron chi connectivity index (χ1n) is 7.16. The zero-order valence-corrected chi connectivity index (χ0v) is 10.3. The molecule has 0 spiro atoms. The van der Waals surface area contributed by atoms with Crippen molar-refractivity contribution in [3.63, 3.8) is 0 Å². The SMILES string of the molecule is CCCCCCC1CCC2CCCC2N1. The molecular formula is C14H27N. The van der Waals surface area contributed by atoms with E-state index in [9.17, 15) is 0 Å². The van der Waals surface area contributed by atoms with E-state index in [0.717, 1.165) is 18.0 Å². The molecule has 3 atom stereocenters. The van der Waals surface area contributed by atoms with Gasteiger partial charge in [-0.3, -0.25) is 0 Å². The number of rotatable bonds is 5. The predicted octanol–water partition coefficient (Wildman–Crippen LogP) is 3.88. The summed E-state index contributed by atoms with van der Waals surface area (Å²) in [6, 6.07) is 1.76. The molecule has 0 aromatic carbocycles. The minimum atomic E-state index is 0.862. The van der Waals surface area contributed by atoms with E-state index in [-0.39, 0.29) is 0 Å². The predicted molar refractivity (Wildman–Crippen MR) is 66.0 cm³/mol. The molecule has 1 heteroatoms. The third-order valence-corrected chi connectivity index (χ3v) is 4.40. The topological polar surface area (TPSA) is 12.0 Å². The standard InChI is InChI=1S/C14H27N/c1-2-3-4-5-8-13-11-10-12-7-6-9-14(12)15-13/h12-15H,2-11H2,1H3. The number of hydrogen-bond acceptors (Lipinski definition) is 1. The summed E-state index contributed by atoms with van der Waals surface area (Å²) in [6.45, 7) is 2.29. The second kappa shape index (κ2) is 5.89. The molecule has 15 heavy (non-hydrogen) atoms. The summed E-state index contributed by atoms with van der Waals surface area (Å²) in [4.78, 5) is 0. The quantitative estimate of drug-likeness (QED) is 0.678. The van der Waals surface area contributed by atoms with Gasteiger partial charge in [-0.2, -0.15) is 0 Å². The highest BCUT2D eigenvalue weighted by molar-refractivity contribution is 4.90. The lowest BCUT2D eigenvalue weighted by Gasteiger charge is -2.33. The molecule has 1 N–H and O–H groups in total. The van der Waals surface area contributed by atoms with Crippen molar-refractivity contribution >= 4 is 0 Å². The summed E-state index contributed by atoms with van der Waals surface area (Å²) in [7, 11) is 0. The van der Waals surface area contributed by atoms with E-state index in [2.05, 4.69) is 12.2 Å². The van der Waals surface area contributed by atoms with Crippen LogP contribution >= 0.6 is 0 Å². The first-order chi connectivity index (χ1) is 7.40. The molecule has 1 saturated carbocycles. The van der Waals surface area contributed by atoms with Crippen molar-refractivity contribution in [1.82, 2.24) is 5.32 Å². The van der Waals surface area contributed by atoms with E-state index in [1.807, 2.05) is 0 Å². The van der Waals surface area contributed by atoms with Gasteiger partial charge in [0.1, 0.15) is 0 Å². The first kappa shape index (κ1) is 11.4. The lowest BCUT2D eigenvalue weighted by molar-refractivity contribution is 0.247. The van der Waals surface area contributed by atoms with Gasteiger partial charge in [0.15, 0.2) is 0 Å². The van der Waals surface area contributed by atoms with Crippen LogP contribution in [0.15, 0.2) is 0 Å². The fourth-order valence-corrected chi connectivity index (χ4v) is 3.45. The lowest BCUT2D eigenvalue weighted by Crippen LogP contribution is -2.45. The Balaban J connectivity index is 1.62. The molecule has 0 amide bonds. The molecule has 1 aliphatic carbocycles. The second-order valence-electron chi connectivity index (χ2n) is 5.59. The normalized spacial score (nSPS) is 35.4. The van der Waals surface area contributed by atoms with E-state index in [0.29, 0.717) is 0 Å². The molecule has 88 valence electrons. The smallest absolute Gasteiger partial charge is 0.00979 e. The van der Waals surface area contributed by atoms with Crippen LogP contribution in [0.25, 0.3) is 0 Å². The Labute approximate surface area is 95.0 Å². The highest BCUT2D eigenvalue weighted by Crippen LogP contribution is 2.34. The fraction of sp³-hybridized carbons (Fsp3) is 1.00. The maximum absolute atomic E-state index is 3.89. The Morgan fingerprint density at radius 3 is 2.80 bits per heavy atom. The van der Waals surface area contributed by atoms with Gasteiger partial charge in [0.25, 0.3) is 0 Å². The van der Waals surface area contributed by atoms with Crippen LogP contribution in [-0.4, -0.2) is 12.1 Å². The van der Waals surface area contributed by atoms with Crippen LogP contribution in [0.5, 0.6) is 0 Å². The van der Waals surface area contributed by atoms with Crippen molar-refractivity contribution in [2.75, 3.05) is 0 Å². The summed E-state index contributed by atoms with van der Waals surface area (Å²) >= 11 is 0. The minimum absolute atomic E-state index is 0.862. The van der Waals surface area contributed by atoms with Gasteiger partial charge in [-0.15, -0.1) is 0 Å². The van der Waals surface area contributed by atoms with Crippen molar-refractivity contribution in [1.29, 1.82) is 0 Å². The van der Waals surface area contributed by atoms with E-state index in [1.54, 1.807) is 0 Å². The summed E-state index contributed by atoms with van der Waals surface area (Å²) in [6.07, 6.45) is 14.5. The molecular weight excluding hydrogens is 182 g/mol. The Morgan fingerprint density at radius 2 is 1.93 bits per heavy atom. The van der Waals surface area contributed by atoms with E-state index >= 15 is 0 Å². The van der Waals surface area contributed by atoms with E-state index in [4.69, 9.17) is 0 Å². The molecule has 1 aliphatic heterocycles. The molecule has 0 bridgehead atoms. The van der Waals surface area contributed by atoms with Gasteiger partial charge < -0.3 is 5.32 Å². The summed E-state index contributed by atoms with van der Waals surface area (Å²) in [5.74, 6) is 1.04. The summed E-state index contributed by atoms with van der Waals surface area (Å²) in [5.41, 5.74) is 0. The van der Waals surface area contributed by atoms with Gasteiger partial charge in [-0.05, 0) is 38.0 Å². The zero-order valence-electron chi connectivity index (χ0n) is 10.3. The van der Waals surface area contributed by atoms with Gasteiger partial charge in [0.2, 0.25) is 0 Å². The van der Waals surface area contributed by atoms with E-state index < -0.39 is 0 Å². The Hall–Kier alpha value is -0.0400. The number of hydrogen-bond donors (Lipinski definition) is 1. The Morgan fingerprint density at radius 1 is 1.00 bits per heavy atom. The van der Waals surface area contributed by atoms with Crippen LogP contribution in [-0.2, 0) is 0 Å². The molecule has 2 rings (SSSR count). The average Bonchev–Trinajstić information content (AvgIpc) is 2.71. The number of nitrogens with one attached hydrogen (secondary N) is 1. The van der Waals surface area contributed by atoms with E-state index in [1.165, 1.54) is 64.2 Å². The number of piperidine rings is 1. The molecule has 1 nitrogen and oxygen atoms in total. The third kappa shape index (κ3) is 3.21. The van der Waals surface area contributed by atoms with Crippen LogP contribution in [0.4, 0.5) is 0 Å². The fourth-order valence-electron chi connectivity index (χ4n) is 3.45. The van der Waals surface area contributed by atoms with Crippen molar-refractivity contribution in [2.45, 2.75) is 83.2 Å². The Bertz CT molecular complexity index is 178. The highest BCUT2D eigenvalue weighted by atomic mass is 15.0. The molecule has 2 aliphatic rings. The van der Waals surface area contributed by atoms with Crippen molar-refractivity contribution < 1.29 is 0 Å². The first-order valence-corrected chi connectivity index (χ1v) is 7.16. The second-order valence-corrected chi connectivity index (χ2v) is 5.59. The number of fused-ring (bicyclic) bond motifs is 1. The van der Waals surface area contributed by atoms with Gasteiger partial charge in [-0.25, -0.2) is 0 Å². The zero-order chi connectivity index (χ0) is 10.5.